The van der Waals surface area contributed by atoms with E-state index >= 15 is 0 Å². The van der Waals surface area contributed by atoms with Gasteiger partial charge in [-0.15, -0.1) is 0 Å². The number of Topliss-reactive ketones (excluding diaryl/α,β-unsaturated/α-hetero) is 1. The van der Waals surface area contributed by atoms with Crippen molar-refractivity contribution < 1.29 is 19.1 Å². The van der Waals surface area contributed by atoms with E-state index in [9.17, 15) is 14.4 Å². The van der Waals surface area contributed by atoms with Gasteiger partial charge in [-0.1, -0.05) is 20.3 Å². The molecular formula is C17H33N3O4. The third kappa shape index (κ3) is 7.88. The number of rotatable bonds is 11. The molecule has 0 radical (unpaired) electrons. The van der Waals surface area contributed by atoms with Crippen molar-refractivity contribution >= 4 is 17.6 Å². The lowest BCUT2D eigenvalue weighted by Gasteiger charge is -2.37. The minimum Gasteiger partial charge on any atom is -0.379 e. The number of hydrogen-bond acceptors (Lipinski definition) is 5. The third-order valence-electron chi connectivity index (χ3n) is 4.14. The first kappa shape index (κ1) is 22.5. The largest absolute Gasteiger partial charge is 0.379 e. The van der Waals surface area contributed by atoms with Gasteiger partial charge >= 0.3 is 0 Å². The topological polar surface area (TPSA) is 79.0 Å². The monoisotopic (exact) mass is 343 g/mol. The van der Waals surface area contributed by atoms with Crippen molar-refractivity contribution in [3.05, 3.63) is 0 Å². The summed E-state index contributed by atoms with van der Waals surface area (Å²) in [5.41, 5.74) is 0. The van der Waals surface area contributed by atoms with E-state index in [-0.39, 0.29) is 55.2 Å². The molecule has 0 aromatic carbocycles. The fourth-order valence-electron chi connectivity index (χ4n) is 2.67. The summed E-state index contributed by atoms with van der Waals surface area (Å²) in [5.74, 6) is -0.206. The molecule has 0 aliphatic rings. The van der Waals surface area contributed by atoms with Gasteiger partial charge in [-0.05, 0) is 26.9 Å². The van der Waals surface area contributed by atoms with E-state index in [4.69, 9.17) is 4.74 Å². The van der Waals surface area contributed by atoms with Crippen LogP contribution in [0.1, 0.15) is 33.6 Å². The molecule has 0 aromatic rings. The molecule has 140 valence electrons. The Balaban J connectivity index is 4.96. The molecule has 0 heterocycles. The molecule has 0 aliphatic carbocycles. The Kier molecular flexibility index (Phi) is 10.5. The highest BCUT2D eigenvalue weighted by molar-refractivity contribution is 5.85. The van der Waals surface area contributed by atoms with Gasteiger partial charge in [0.1, 0.15) is 5.78 Å². The van der Waals surface area contributed by atoms with E-state index in [0.717, 1.165) is 6.42 Å². The molecule has 1 N–H and O–H groups in total. The summed E-state index contributed by atoms with van der Waals surface area (Å²) in [6.07, 6.45) is 0.757. The van der Waals surface area contributed by atoms with E-state index in [0.29, 0.717) is 0 Å². The minimum atomic E-state index is -0.358. The van der Waals surface area contributed by atoms with Crippen molar-refractivity contribution in [2.75, 3.05) is 41.3 Å². The number of carbonyl (C=O) groups is 3. The zero-order valence-electron chi connectivity index (χ0n) is 16.1. The predicted molar refractivity (Wildman–Crippen MR) is 93.7 cm³/mol. The van der Waals surface area contributed by atoms with Crippen molar-refractivity contribution in [1.82, 2.24) is 15.1 Å². The molecule has 0 spiro atoms. The number of ketones is 1. The zero-order chi connectivity index (χ0) is 18.9. The SMILES string of the molecule is CCC(C)C(C(CC(C)=O)OC)N(C)C(=O)CNC(=O)CN(C)C. The molecule has 0 fully saturated rings. The highest BCUT2D eigenvalue weighted by Crippen LogP contribution is 2.21. The summed E-state index contributed by atoms with van der Waals surface area (Å²) in [6.45, 7) is 5.76. The summed E-state index contributed by atoms with van der Waals surface area (Å²) in [6, 6.07) is -0.220. The highest BCUT2D eigenvalue weighted by atomic mass is 16.5. The molecule has 3 unspecified atom stereocenters. The number of nitrogens with zero attached hydrogens (tertiary/aromatic N) is 2. The molecule has 0 bridgehead atoms. The molecule has 0 aromatic heterocycles. The molecule has 0 saturated heterocycles. The smallest absolute Gasteiger partial charge is 0.242 e. The second kappa shape index (κ2) is 11.1. The van der Waals surface area contributed by atoms with E-state index in [1.807, 2.05) is 13.8 Å². The van der Waals surface area contributed by atoms with Crippen molar-refractivity contribution in [3.8, 4) is 0 Å². The zero-order valence-corrected chi connectivity index (χ0v) is 16.1. The maximum Gasteiger partial charge on any atom is 0.242 e. The van der Waals surface area contributed by atoms with E-state index in [1.54, 1.807) is 38.1 Å². The van der Waals surface area contributed by atoms with Gasteiger partial charge in [-0.3, -0.25) is 14.4 Å². The van der Waals surface area contributed by atoms with Crippen molar-refractivity contribution in [2.24, 2.45) is 5.92 Å². The number of nitrogens with one attached hydrogen (secondary N) is 1. The van der Waals surface area contributed by atoms with Gasteiger partial charge in [0.25, 0.3) is 0 Å². The summed E-state index contributed by atoms with van der Waals surface area (Å²) >= 11 is 0. The first-order valence-corrected chi connectivity index (χ1v) is 8.33. The number of ether oxygens (including phenoxy) is 1. The average Bonchev–Trinajstić information content (AvgIpc) is 2.50. The summed E-state index contributed by atoms with van der Waals surface area (Å²) in [5, 5.41) is 2.62. The second-order valence-electron chi connectivity index (χ2n) is 6.58. The molecule has 0 rings (SSSR count). The van der Waals surface area contributed by atoms with Crippen LogP contribution in [-0.4, -0.2) is 80.9 Å². The molecule has 0 saturated carbocycles. The fraction of sp³-hybridized carbons (Fsp3) is 0.824. The van der Waals surface area contributed by atoms with Gasteiger partial charge in [-0.2, -0.15) is 0 Å². The first-order chi connectivity index (χ1) is 11.1. The van der Waals surface area contributed by atoms with Crippen LogP contribution < -0.4 is 5.32 Å². The van der Waals surface area contributed by atoms with Crippen LogP contribution in [0, 0.1) is 5.92 Å². The van der Waals surface area contributed by atoms with Gasteiger partial charge in [0.05, 0.1) is 25.2 Å². The average molecular weight is 343 g/mol. The number of methoxy groups -OCH3 is 1. The Hall–Kier alpha value is -1.47. The Labute approximate surface area is 145 Å². The maximum atomic E-state index is 12.5. The third-order valence-corrected chi connectivity index (χ3v) is 4.14. The minimum absolute atomic E-state index is 0.0234. The van der Waals surface area contributed by atoms with Crippen molar-refractivity contribution in [1.29, 1.82) is 0 Å². The lowest BCUT2D eigenvalue weighted by atomic mass is 9.90. The maximum absolute atomic E-state index is 12.5. The van der Waals surface area contributed by atoms with Gasteiger partial charge in [-0.25, -0.2) is 0 Å². The highest BCUT2D eigenvalue weighted by Gasteiger charge is 2.33. The fourth-order valence-corrected chi connectivity index (χ4v) is 2.67. The Morgan fingerprint density at radius 1 is 1.17 bits per heavy atom. The number of hydrogen-bond donors (Lipinski definition) is 1. The van der Waals surface area contributed by atoms with E-state index < -0.39 is 0 Å². The van der Waals surface area contributed by atoms with Crippen LogP contribution in [0.15, 0.2) is 0 Å². The number of carbonyl (C=O) groups excluding carboxylic acids is 3. The van der Waals surface area contributed by atoms with Gasteiger partial charge in [0.2, 0.25) is 11.8 Å². The van der Waals surface area contributed by atoms with Gasteiger partial charge in [0, 0.05) is 20.6 Å². The molecule has 7 heteroatoms. The van der Waals surface area contributed by atoms with Gasteiger partial charge < -0.3 is 19.9 Å². The van der Waals surface area contributed by atoms with E-state index in [2.05, 4.69) is 5.32 Å². The number of likely N-dealkylation sites (N-methyl/N-ethyl adjacent to an activating group) is 2. The lowest BCUT2D eigenvalue weighted by molar-refractivity contribution is -0.139. The molecular weight excluding hydrogens is 310 g/mol. The van der Waals surface area contributed by atoms with Crippen molar-refractivity contribution in [3.63, 3.8) is 0 Å². The standard InChI is InChI=1S/C17H33N3O4/c1-8-12(2)17(14(24-7)9-13(3)21)20(6)16(23)10-18-15(22)11-19(4)5/h12,14,17H,8-11H2,1-7H3,(H,18,22). The molecule has 7 nitrogen and oxygen atoms in total. The molecule has 3 atom stereocenters. The first-order valence-electron chi connectivity index (χ1n) is 8.33. The summed E-state index contributed by atoms with van der Waals surface area (Å²) < 4.78 is 5.49. The summed E-state index contributed by atoms with van der Waals surface area (Å²) in [4.78, 5) is 39.0. The Morgan fingerprint density at radius 3 is 2.17 bits per heavy atom. The molecule has 0 aliphatic heterocycles. The van der Waals surface area contributed by atoms with Crippen molar-refractivity contribution in [2.45, 2.75) is 45.8 Å². The Morgan fingerprint density at radius 2 is 1.75 bits per heavy atom. The van der Waals surface area contributed by atoms with Crippen LogP contribution in [0.2, 0.25) is 0 Å². The van der Waals surface area contributed by atoms with Crippen LogP contribution in [0.4, 0.5) is 0 Å². The lowest BCUT2D eigenvalue weighted by Crippen LogP contribution is -2.52. The van der Waals surface area contributed by atoms with Crippen LogP contribution in [0.5, 0.6) is 0 Å². The van der Waals surface area contributed by atoms with Crippen LogP contribution >= 0.6 is 0 Å². The van der Waals surface area contributed by atoms with Gasteiger partial charge in [0.15, 0.2) is 0 Å². The molecule has 24 heavy (non-hydrogen) atoms. The molecule has 2 amide bonds. The second-order valence-corrected chi connectivity index (χ2v) is 6.58. The Bertz CT molecular complexity index is 426. The predicted octanol–water partition coefficient (Wildman–Crippen LogP) is 0.531. The quantitative estimate of drug-likeness (QED) is 0.592. The van der Waals surface area contributed by atoms with Crippen LogP contribution in [0.3, 0.4) is 0 Å². The van der Waals surface area contributed by atoms with Crippen LogP contribution in [0.25, 0.3) is 0 Å². The summed E-state index contributed by atoms with van der Waals surface area (Å²) in [7, 11) is 6.83. The number of amides is 2. The normalized spacial score (nSPS) is 14.8. The van der Waals surface area contributed by atoms with E-state index in [1.165, 1.54) is 6.92 Å². The van der Waals surface area contributed by atoms with Crippen LogP contribution in [-0.2, 0) is 19.1 Å².